The van der Waals surface area contributed by atoms with Gasteiger partial charge in [0.05, 0.1) is 0 Å². The molecule has 0 spiro atoms. The maximum atomic E-state index is 12.3. The van der Waals surface area contributed by atoms with Gasteiger partial charge in [-0.15, -0.1) is 10.2 Å². The number of benzene rings is 2. The van der Waals surface area contributed by atoms with Gasteiger partial charge in [0.1, 0.15) is 5.01 Å². The fraction of sp³-hybridized carbons (Fsp3) is 0.200. The number of fused-ring (bicyclic) bond motifs is 1. The number of aryl methyl sites for hydroxylation is 3. The van der Waals surface area contributed by atoms with E-state index in [1.54, 1.807) is 4.52 Å². The van der Waals surface area contributed by atoms with Crippen LogP contribution >= 0.6 is 11.3 Å². The molecule has 0 radical (unpaired) electrons. The van der Waals surface area contributed by atoms with E-state index in [1.807, 2.05) is 31.2 Å². The molecule has 27 heavy (non-hydrogen) atoms. The maximum Gasteiger partial charge on any atom is 0.234 e. The second kappa shape index (κ2) is 7.28. The number of carbonyl (C=O) groups is 1. The molecule has 0 saturated heterocycles. The average molecular weight is 377 g/mol. The van der Waals surface area contributed by atoms with Crippen LogP contribution in [-0.2, 0) is 11.2 Å². The molecule has 0 bridgehead atoms. The van der Waals surface area contributed by atoms with Crippen molar-refractivity contribution < 1.29 is 4.79 Å². The van der Waals surface area contributed by atoms with Gasteiger partial charge in [-0.1, -0.05) is 53.3 Å². The molecule has 0 saturated carbocycles. The molecule has 1 N–H and O–H groups in total. The Labute approximate surface area is 160 Å². The normalized spacial score (nSPS) is 11.0. The van der Waals surface area contributed by atoms with Crippen LogP contribution in [0.4, 0.5) is 5.69 Å². The molecule has 2 aromatic carbocycles. The van der Waals surface area contributed by atoms with Gasteiger partial charge in [0, 0.05) is 17.7 Å². The van der Waals surface area contributed by atoms with Crippen molar-refractivity contribution in [3.63, 3.8) is 0 Å². The lowest BCUT2D eigenvalue weighted by Gasteiger charge is -2.07. The highest BCUT2D eigenvalue weighted by atomic mass is 32.1. The van der Waals surface area contributed by atoms with Crippen molar-refractivity contribution in [1.82, 2.24) is 19.8 Å². The van der Waals surface area contributed by atoms with E-state index in [-0.39, 0.29) is 5.91 Å². The van der Waals surface area contributed by atoms with Gasteiger partial charge in [0.15, 0.2) is 5.82 Å². The smallest absolute Gasteiger partial charge is 0.234 e. The zero-order valence-electron chi connectivity index (χ0n) is 15.1. The van der Waals surface area contributed by atoms with E-state index in [1.165, 1.54) is 22.5 Å². The molecule has 1 amide bonds. The molecular weight excluding hydrogens is 358 g/mol. The first-order valence-electron chi connectivity index (χ1n) is 8.73. The van der Waals surface area contributed by atoms with Gasteiger partial charge in [0.2, 0.25) is 10.9 Å². The van der Waals surface area contributed by atoms with Gasteiger partial charge >= 0.3 is 0 Å². The van der Waals surface area contributed by atoms with Crippen molar-refractivity contribution in [2.45, 2.75) is 26.7 Å². The standard InChI is InChI=1S/C20H19N5OS/c1-13-6-8-15(9-7-13)10-11-18(26)21-17-5-3-4-16(12-17)19-24-25-14(2)22-23-20(25)27-19/h3-9,12H,10-11H2,1-2H3,(H,21,26). The van der Waals surface area contributed by atoms with Gasteiger partial charge in [0.25, 0.3) is 0 Å². The summed E-state index contributed by atoms with van der Waals surface area (Å²) in [4.78, 5) is 13.1. The number of rotatable bonds is 5. The first-order chi connectivity index (χ1) is 13.1. The summed E-state index contributed by atoms with van der Waals surface area (Å²) >= 11 is 1.47. The van der Waals surface area contributed by atoms with Crippen LogP contribution in [0, 0.1) is 13.8 Å². The fourth-order valence-corrected chi connectivity index (χ4v) is 3.68. The number of aromatic nitrogens is 4. The molecule has 136 valence electrons. The molecule has 0 aliphatic carbocycles. The summed E-state index contributed by atoms with van der Waals surface area (Å²) in [5, 5.41) is 16.5. The van der Waals surface area contributed by atoms with Crippen molar-refractivity contribution in [1.29, 1.82) is 0 Å². The Morgan fingerprint density at radius 3 is 2.70 bits per heavy atom. The topological polar surface area (TPSA) is 72.2 Å². The van der Waals surface area contributed by atoms with Crippen molar-refractivity contribution in [2.24, 2.45) is 0 Å². The molecule has 7 heteroatoms. The predicted octanol–water partition coefficient (Wildman–Crippen LogP) is 4.04. The molecule has 6 nitrogen and oxygen atoms in total. The minimum Gasteiger partial charge on any atom is -0.326 e. The Morgan fingerprint density at radius 1 is 1.11 bits per heavy atom. The van der Waals surface area contributed by atoms with E-state index in [9.17, 15) is 4.79 Å². The summed E-state index contributed by atoms with van der Waals surface area (Å²) in [5.74, 6) is 0.759. The number of amides is 1. The number of carbonyl (C=O) groups excluding carboxylic acids is 1. The molecular formula is C20H19N5OS. The quantitative estimate of drug-likeness (QED) is 0.570. The highest BCUT2D eigenvalue weighted by Gasteiger charge is 2.11. The van der Waals surface area contributed by atoms with Crippen LogP contribution in [0.1, 0.15) is 23.4 Å². The number of anilines is 1. The second-order valence-electron chi connectivity index (χ2n) is 6.46. The summed E-state index contributed by atoms with van der Waals surface area (Å²) in [6.45, 7) is 3.93. The summed E-state index contributed by atoms with van der Waals surface area (Å²) < 4.78 is 1.73. The highest BCUT2D eigenvalue weighted by Crippen LogP contribution is 2.27. The minimum atomic E-state index is 0.00158. The predicted molar refractivity (Wildman–Crippen MR) is 107 cm³/mol. The van der Waals surface area contributed by atoms with Crippen LogP contribution in [0.15, 0.2) is 48.5 Å². The molecule has 4 aromatic rings. The number of hydrogen-bond donors (Lipinski definition) is 1. The fourth-order valence-electron chi connectivity index (χ4n) is 2.80. The summed E-state index contributed by atoms with van der Waals surface area (Å²) in [5.41, 5.74) is 4.10. The lowest BCUT2D eigenvalue weighted by atomic mass is 10.1. The molecule has 0 aliphatic heterocycles. The van der Waals surface area contributed by atoms with E-state index in [0.717, 1.165) is 33.5 Å². The molecule has 0 atom stereocenters. The Balaban J connectivity index is 1.44. The van der Waals surface area contributed by atoms with E-state index < -0.39 is 0 Å². The van der Waals surface area contributed by atoms with Crippen LogP contribution in [-0.4, -0.2) is 25.7 Å². The second-order valence-corrected chi connectivity index (χ2v) is 7.42. The van der Waals surface area contributed by atoms with Gasteiger partial charge < -0.3 is 5.32 Å². The summed E-state index contributed by atoms with van der Waals surface area (Å²) in [6, 6.07) is 16.0. The van der Waals surface area contributed by atoms with Gasteiger partial charge in [-0.2, -0.15) is 9.61 Å². The van der Waals surface area contributed by atoms with Crippen LogP contribution in [0.2, 0.25) is 0 Å². The van der Waals surface area contributed by atoms with Gasteiger partial charge in [-0.3, -0.25) is 4.79 Å². The number of hydrogen-bond acceptors (Lipinski definition) is 5. The van der Waals surface area contributed by atoms with E-state index in [4.69, 9.17) is 0 Å². The van der Waals surface area contributed by atoms with E-state index >= 15 is 0 Å². The largest absolute Gasteiger partial charge is 0.326 e. The molecule has 2 aromatic heterocycles. The Hall–Kier alpha value is -3.06. The van der Waals surface area contributed by atoms with Crippen molar-refractivity contribution >= 4 is 27.9 Å². The monoisotopic (exact) mass is 377 g/mol. The van der Waals surface area contributed by atoms with Crippen molar-refractivity contribution in [3.8, 4) is 10.6 Å². The number of nitrogens with zero attached hydrogens (tertiary/aromatic N) is 4. The van der Waals surface area contributed by atoms with Crippen molar-refractivity contribution in [3.05, 3.63) is 65.5 Å². The first kappa shape index (κ1) is 17.4. The highest BCUT2D eigenvalue weighted by molar-refractivity contribution is 7.19. The maximum absolute atomic E-state index is 12.3. The Morgan fingerprint density at radius 2 is 1.93 bits per heavy atom. The summed E-state index contributed by atoms with van der Waals surface area (Å²) in [6.07, 6.45) is 1.17. The lowest BCUT2D eigenvalue weighted by molar-refractivity contribution is -0.116. The van der Waals surface area contributed by atoms with Crippen molar-refractivity contribution in [2.75, 3.05) is 5.32 Å². The third-order valence-corrected chi connectivity index (χ3v) is 5.25. The Kier molecular flexibility index (Phi) is 4.68. The first-order valence-corrected chi connectivity index (χ1v) is 9.55. The number of nitrogens with one attached hydrogen (secondary N) is 1. The molecule has 4 rings (SSSR count). The van der Waals surface area contributed by atoms with Gasteiger partial charge in [-0.05, 0) is 38.0 Å². The van der Waals surface area contributed by atoms with Crippen LogP contribution < -0.4 is 5.32 Å². The van der Waals surface area contributed by atoms with Gasteiger partial charge in [-0.25, -0.2) is 0 Å². The molecule has 0 aliphatic rings. The molecule has 0 unspecified atom stereocenters. The summed E-state index contributed by atoms with van der Waals surface area (Å²) in [7, 11) is 0. The zero-order valence-corrected chi connectivity index (χ0v) is 16.0. The third-order valence-electron chi connectivity index (χ3n) is 4.30. The SMILES string of the molecule is Cc1ccc(CCC(=O)Nc2cccc(-c3nn4c(C)nnc4s3)c2)cc1. The average Bonchev–Trinajstić information content (AvgIpc) is 3.24. The van der Waals surface area contributed by atoms with E-state index in [2.05, 4.69) is 51.8 Å². The Bertz CT molecular complexity index is 1100. The molecule has 0 fully saturated rings. The van der Waals surface area contributed by atoms with Crippen LogP contribution in [0.3, 0.4) is 0 Å². The third kappa shape index (κ3) is 3.88. The zero-order chi connectivity index (χ0) is 18.8. The lowest BCUT2D eigenvalue weighted by Crippen LogP contribution is -2.12. The van der Waals surface area contributed by atoms with E-state index in [0.29, 0.717) is 6.42 Å². The van der Waals surface area contributed by atoms with Crippen LogP contribution in [0.25, 0.3) is 15.5 Å². The minimum absolute atomic E-state index is 0.00158. The van der Waals surface area contributed by atoms with Crippen LogP contribution in [0.5, 0.6) is 0 Å². The molecule has 2 heterocycles.